The van der Waals surface area contributed by atoms with Gasteiger partial charge in [0.05, 0.1) is 6.61 Å². The number of nitrogens with one attached hydrogen (secondary N) is 1. The summed E-state index contributed by atoms with van der Waals surface area (Å²) in [4.78, 5) is 0. The molecule has 1 atom stereocenters. The Morgan fingerprint density at radius 1 is 1.30 bits per heavy atom. The number of ether oxygens (including phenoxy) is 1. The Labute approximate surface area is 126 Å². The molecule has 0 aliphatic heterocycles. The van der Waals surface area contributed by atoms with Gasteiger partial charge in [-0.2, -0.15) is 0 Å². The van der Waals surface area contributed by atoms with Crippen molar-refractivity contribution in [3.8, 4) is 0 Å². The molecule has 0 saturated heterocycles. The van der Waals surface area contributed by atoms with Crippen LogP contribution in [0.4, 0.5) is 4.39 Å². The van der Waals surface area contributed by atoms with E-state index in [2.05, 4.69) is 19.2 Å². The minimum Gasteiger partial charge on any atom is -0.383 e. The molecule has 0 heterocycles. The average Bonchev–Trinajstić information content (AvgIpc) is 2.43. The van der Waals surface area contributed by atoms with E-state index in [4.69, 9.17) is 16.3 Å². The first kappa shape index (κ1) is 17.4. The Bertz CT molecular complexity index is 376. The number of rotatable bonds is 9. The van der Waals surface area contributed by atoms with Crippen molar-refractivity contribution in [3.05, 3.63) is 34.6 Å². The van der Waals surface area contributed by atoms with Crippen LogP contribution in [0.25, 0.3) is 0 Å². The highest BCUT2D eigenvalue weighted by Gasteiger charge is 2.25. The van der Waals surface area contributed by atoms with E-state index in [1.165, 1.54) is 6.07 Å². The van der Waals surface area contributed by atoms with Gasteiger partial charge < -0.3 is 10.1 Å². The molecule has 1 aromatic rings. The number of hydrogen-bond donors (Lipinski definition) is 1. The third kappa shape index (κ3) is 4.72. The maximum atomic E-state index is 14.2. The highest BCUT2D eigenvalue weighted by Crippen LogP contribution is 2.35. The van der Waals surface area contributed by atoms with Gasteiger partial charge in [0.25, 0.3) is 0 Å². The Morgan fingerprint density at radius 2 is 2.00 bits per heavy atom. The molecule has 4 heteroatoms. The van der Waals surface area contributed by atoms with Crippen LogP contribution < -0.4 is 5.32 Å². The third-order valence-electron chi connectivity index (χ3n) is 3.84. The van der Waals surface area contributed by atoms with E-state index in [0.29, 0.717) is 23.1 Å². The van der Waals surface area contributed by atoms with Gasteiger partial charge >= 0.3 is 0 Å². The summed E-state index contributed by atoms with van der Waals surface area (Å²) in [5.41, 5.74) is 0.646. The first-order valence-corrected chi connectivity index (χ1v) is 7.66. The Balaban J connectivity index is 2.91. The van der Waals surface area contributed by atoms with Crippen molar-refractivity contribution < 1.29 is 9.13 Å². The van der Waals surface area contributed by atoms with Gasteiger partial charge in [0.2, 0.25) is 0 Å². The number of halogens is 2. The molecule has 114 valence electrons. The fourth-order valence-corrected chi connectivity index (χ4v) is 2.96. The zero-order chi connectivity index (χ0) is 15.0. The second-order valence-corrected chi connectivity index (χ2v) is 5.42. The fraction of sp³-hybridized carbons (Fsp3) is 0.625. The molecule has 0 fully saturated rings. The van der Waals surface area contributed by atoms with Gasteiger partial charge in [0.1, 0.15) is 5.82 Å². The molecule has 0 spiro atoms. The summed E-state index contributed by atoms with van der Waals surface area (Å²) in [6.07, 6.45) is 2.02. The van der Waals surface area contributed by atoms with Crippen LogP contribution >= 0.6 is 11.6 Å². The predicted octanol–water partition coefficient (Wildman–Crippen LogP) is 4.23. The maximum absolute atomic E-state index is 14.2. The first-order chi connectivity index (χ1) is 9.65. The van der Waals surface area contributed by atoms with Gasteiger partial charge in [-0.05, 0) is 18.1 Å². The number of methoxy groups -OCH3 is 1. The van der Waals surface area contributed by atoms with Crippen LogP contribution in [0.2, 0.25) is 5.02 Å². The normalized spacial score (nSPS) is 12.9. The van der Waals surface area contributed by atoms with E-state index in [-0.39, 0.29) is 11.7 Å². The number of benzene rings is 1. The van der Waals surface area contributed by atoms with Crippen LogP contribution in [-0.4, -0.2) is 26.8 Å². The van der Waals surface area contributed by atoms with Gasteiger partial charge in [-0.3, -0.25) is 0 Å². The molecular weight excluding hydrogens is 277 g/mol. The molecule has 0 saturated carbocycles. The summed E-state index contributed by atoms with van der Waals surface area (Å²) >= 11 is 6.23. The Hall–Kier alpha value is -0.640. The fourth-order valence-electron chi connectivity index (χ4n) is 2.66. The summed E-state index contributed by atoms with van der Waals surface area (Å²) in [5, 5.41) is 3.86. The van der Waals surface area contributed by atoms with Gasteiger partial charge in [-0.1, -0.05) is 44.4 Å². The van der Waals surface area contributed by atoms with Crippen LogP contribution in [-0.2, 0) is 4.74 Å². The van der Waals surface area contributed by atoms with Gasteiger partial charge in [-0.25, -0.2) is 4.39 Å². The van der Waals surface area contributed by atoms with Crippen molar-refractivity contribution in [2.75, 3.05) is 26.8 Å². The third-order valence-corrected chi connectivity index (χ3v) is 4.17. The minimum absolute atomic E-state index is 0.0931. The predicted molar refractivity (Wildman–Crippen MR) is 83.0 cm³/mol. The van der Waals surface area contributed by atoms with Crippen LogP contribution in [0.5, 0.6) is 0 Å². The largest absolute Gasteiger partial charge is 0.383 e. The van der Waals surface area contributed by atoms with Crippen LogP contribution in [0.15, 0.2) is 18.2 Å². The topological polar surface area (TPSA) is 21.3 Å². The van der Waals surface area contributed by atoms with Crippen molar-refractivity contribution in [2.45, 2.75) is 32.6 Å². The second kappa shape index (κ2) is 9.32. The van der Waals surface area contributed by atoms with E-state index < -0.39 is 0 Å². The molecule has 0 aromatic heterocycles. The second-order valence-electron chi connectivity index (χ2n) is 5.02. The molecule has 0 radical (unpaired) electrons. The van der Waals surface area contributed by atoms with Crippen molar-refractivity contribution in [2.24, 2.45) is 5.92 Å². The summed E-state index contributed by atoms with van der Waals surface area (Å²) < 4.78 is 19.2. The smallest absolute Gasteiger partial charge is 0.128 e. The highest BCUT2D eigenvalue weighted by molar-refractivity contribution is 6.31. The van der Waals surface area contributed by atoms with Crippen LogP contribution in [0.1, 0.15) is 38.2 Å². The number of hydrogen-bond acceptors (Lipinski definition) is 2. The van der Waals surface area contributed by atoms with Crippen molar-refractivity contribution in [1.29, 1.82) is 0 Å². The monoisotopic (exact) mass is 301 g/mol. The van der Waals surface area contributed by atoms with Crippen molar-refractivity contribution in [1.82, 2.24) is 5.32 Å². The summed E-state index contributed by atoms with van der Waals surface area (Å²) in [5.74, 6) is 0.304. The SMILES string of the molecule is CCC(CC)C(CNCCOC)c1c(F)cccc1Cl. The van der Waals surface area contributed by atoms with Gasteiger partial charge in [0.15, 0.2) is 0 Å². The van der Waals surface area contributed by atoms with E-state index in [9.17, 15) is 4.39 Å². The zero-order valence-electron chi connectivity index (χ0n) is 12.6. The van der Waals surface area contributed by atoms with E-state index in [1.807, 2.05) is 0 Å². The molecular formula is C16H25ClFNO. The Morgan fingerprint density at radius 3 is 2.55 bits per heavy atom. The molecule has 0 bridgehead atoms. The van der Waals surface area contributed by atoms with E-state index >= 15 is 0 Å². The summed E-state index contributed by atoms with van der Waals surface area (Å²) in [6.45, 7) is 6.42. The van der Waals surface area contributed by atoms with Crippen LogP contribution in [0, 0.1) is 11.7 Å². The van der Waals surface area contributed by atoms with E-state index in [0.717, 1.165) is 25.9 Å². The average molecular weight is 302 g/mol. The quantitative estimate of drug-likeness (QED) is 0.689. The first-order valence-electron chi connectivity index (χ1n) is 7.29. The molecule has 0 amide bonds. The maximum Gasteiger partial charge on any atom is 0.128 e. The van der Waals surface area contributed by atoms with Crippen molar-refractivity contribution >= 4 is 11.6 Å². The lowest BCUT2D eigenvalue weighted by Gasteiger charge is -2.27. The summed E-state index contributed by atoms with van der Waals surface area (Å²) in [6, 6.07) is 4.92. The lowest BCUT2D eigenvalue weighted by molar-refractivity contribution is 0.197. The lowest BCUT2D eigenvalue weighted by atomic mass is 9.82. The minimum atomic E-state index is -0.206. The molecule has 2 nitrogen and oxygen atoms in total. The van der Waals surface area contributed by atoms with Gasteiger partial charge in [0, 0.05) is 36.7 Å². The molecule has 1 N–H and O–H groups in total. The standard InChI is InChI=1S/C16H25ClFNO/c1-4-12(5-2)13(11-19-9-10-20-3)16-14(17)7-6-8-15(16)18/h6-8,12-13,19H,4-5,9-11H2,1-3H3. The molecule has 0 aliphatic rings. The molecule has 0 aliphatic carbocycles. The van der Waals surface area contributed by atoms with Crippen LogP contribution in [0.3, 0.4) is 0 Å². The molecule has 1 unspecified atom stereocenters. The summed E-state index contributed by atoms with van der Waals surface area (Å²) in [7, 11) is 1.67. The molecule has 1 rings (SSSR count). The van der Waals surface area contributed by atoms with E-state index in [1.54, 1.807) is 19.2 Å². The zero-order valence-corrected chi connectivity index (χ0v) is 13.3. The lowest BCUT2D eigenvalue weighted by Crippen LogP contribution is -2.29. The highest BCUT2D eigenvalue weighted by atomic mass is 35.5. The van der Waals surface area contributed by atoms with Gasteiger partial charge in [-0.15, -0.1) is 0 Å². The molecule has 20 heavy (non-hydrogen) atoms. The Kier molecular flexibility index (Phi) is 8.12. The molecule has 1 aromatic carbocycles. The van der Waals surface area contributed by atoms with Crippen molar-refractivity contribution in [3.63, 3.8) is 0 Å².